The molecule has 6 nitrogen and oxygen atoms in total. The molecule has 3 heterocycles. The molecule has 0 saturated heterocycles. The second-order valence-corrected chi connectivity index (χ2v) is 5.13. The van der Waals surface area contributed by atoms with E-state index in [2.05, 4.69) is 37.8 Å². The number of aryl methyl sites for hydroxylation is 1. The Morgan fingerprint density at radius 1 is 1.09 bits per heavy atom. The largest absolute Gasteiger partial charge is 0.323 e. The van der Waals surface area contributed by atoms with Crippen molar-refractivity contribution in [3.05, 3.63) is 54.5 Å². The van der Waals surface area contributed by atoms with Crippen molar-refractivity contribution in [1.29, 1.82) is 0 Å². The van der Waals surface area contributed by atoms with Gasteiger partial charge in [0.2, 0.25) is 0 Å². The number of aromatic amines is 2. The fraction of sp³-hybridized carbons (Fsp3) is 0.0625. The van der Waals surface area contributed by atoms with E-state index in [4.69, 9.17) is 4.98 Å². The zero-order valence-electron chi connectivity index (χ0n) is 12.0. The molecule has 6 heteroatoms. The highest BCUT2D eigenvalue weighted by Crippen LogP contribution is 2.29. The van der Waals surface area contributed by atoms with Crippen LogP contribution in [-0.4, -0.2) is 25.4 Å². The van der Waals surface area contributed by atoms with Gasteiger partial charge in [-0.15, -0.1) is 0 Å². The number of anilines is 2. The van der Waals surface area contributed by atoms with Crippen LogP contribution in [0.4, 0.5) is 11.6 Å². The van der Waals surface area contributed by atoms with Crippen LogP contribution in [-0.2, 0) is 0 Å². The van der Waals surface area contributed by atoms with Crippen LogP contribution in [0, 0.1) is 6.92 Å². The Balaban J connectivity index is 1.86. The van der Waals surface area contributed by atoms with Crippen LogP contribution in [0.5, 0.6) is 0 Å². The Labute approximate surface area is 126 Å². The molecule has 0 aliphatic rings. The summed E-state index contributed by atoms with van der Waals surface area (Å²) in [6.07, 6.45) is 3.62. The van der Waals surface area contributed by atoms with E-state index in [0.29, 0.717) is 0 Å². The summed E-state index contributed by atoms with van der Waals surface area (Å²) >= 11 is 0. The van der Waals surface area contributed by atoms with Crippen LogP contribution in [0.3, 0.4) is 0 Å². The van der Waals surface area contributed by atoms with Gasteiger partial charge in [-0.25, -0.2) is 4.98 Å². The summed E-state index contributed by atoms with van der Waals surface area (Å²) < 4.78 is 0. The van der Waals surface area contributed by atoms with Crippen molar-refractivity contribution < 1.29 is 0 Å². The van der Waals surface area contributed by atoms with Crippen molar-refractivity contribution in [2.75, 3.05) is 5.32 Å². The average molecular weight is 290 g/mol. The molecule has 0 spiro atoms. The Kier molecular flexibility index (Phi) is 2.86. The molecule has 3 aromatic heterocycles. The Hall–Kier alpha value is -3.15. The minimum Gasteiger partial charge on any atom is -0.323 e. The molecule has 4 rings (SSSR count). The summed E-state index contributed by atoms with van der Waals surface area (Å²) in [6.45, 7) is 1.96. The minimum atomic E-state index is 0.749. The molecule has 3 N–H and O–H groups in total. The quantitative estimate of drug-likeness (QED) is 0.540. The number of pyridine rings is 1. The van der Waals surface area contributed by atoms with Gasteiger partial charge in [0.05, 0.1) is 11.9 Å². The summed E-state index contributed by atoms with van der Waals surface area (Å²) in [5.41, 5.74) is 2.85. The third kappa shape index (κ3) is 2.20. The van der Waals surface area contributed by atoms with Crippen LogP contribution < -0.4 is 5.32 Å². The standard InChI is InChI=1S/C16H14N6/c1-10-6-15(22-21-10)19-14-7-11-4-2-3-5-13(11)16(20-14)12-8-17-18-9-12/h2-9H,1H3,(H,17,18)(H2,19,20,21,22). The number of rotatable bonds is 3. The maximum absolute atomic E-state index is 4.72. The van der Waals surface area contributed by atoms with Gasteiger partial charge in [-0.1, -0.05) is 24.3 Å². The van der Waals surface area contributed by atoms with Crippen molar-refractivity contribution in [3.63, 3.8) is 0 Å². The van der Waals surface area contributed by atoms with Crippen molar-refractivity contribution in [2.45, 2.75) is 6.92 Å². The predicted molar refractivity (Wildman–Crippen MR) is 85.9 cm³/mol. The molecule has 108 valence electrons. The maximum Gasteiger partial charge on any atom is 0.153 e. The van der Waals surface area contributed by atoms with E-state index in [1.165, 1.54) is 0 Å². The predicted octanol–water partition coefficient (Wildman–Crippen LogP) is 3.40. The zero-order chi connectivity index (χ0) is 14.9. The SMILES string of the molecule is Cc1cc(Nc2cc3ccccc3c(-c3cn[nH]c3)n2)n[nH]1. The van der Waals surface area contributed by atoms with Gasteiger partial charge in [0.15, 0.2) is 5.82 Å². The monoisotopic (exact) mass is 290 g/mol. The molecule has 22 heavy (non-hydrogen) atoms. The van der Waals surface area contributed by atoms with Gasteiger partial charge >= 0.3 is 0 Å². The van der Waals surface area contributed by atoms with Crippen LogP contribution in [0.25, 0.3) is 22.0 Å². The molecule has 0 fully saturated rings. The fourth-order valence-corrected chi connectivity index (χ4v) is 2.48. The van der Waals surface area contributed by atoms with Crippen LogP contribution >= 0.6 is 0 Å². The van der Waals surface area contributed by atoms with Crippen LogP contribution in [0.1, 0.15) is 5.69 Å². The molecule has 0 saturated carbocycles. The molecular weight excluding hydrogens is 276 g/mol. The van der Waals surface area contributed by atoms with Crippen molar-refractivity contribution in [2.24, 2.45) is 0 Å². The lowest BCUT2D eigenvalue weighted by Gasteiger charge is -2.08. The van der Waals surface area contributed by atoms with E-state index in [1.54, 1.807) is 6.20 Å². The Bertz CT molecular complexity index is 923. The zero-order valence-corrected chi connectivity index (χ0v) is 12.0. The topological polar surface area (TPSA) is 82.3 Å². The normalized spacial score (nSPS) is 11.0. The summed E-state index contributed by atoms with van der Waals surface area (Å²) in [4.78, 5) is 4.72. The van der Waals surface area contributed by atoms with E-state index in [9.17, 15) is 0 Å². The fourth-order valence-electron chi connectivity index (χ4n) is 2.48. The molecule has 0 amide bonds. The van der Waals surface area contributed by atoms with Gasteiger partial charge in [0, 0.05) is 28.9 Å². The Morgan fingerprint density at radius 3 is 2.77 bits per heavy atom. The summed E-state index contributed by atoms with van der Waals surface area (Å²) in [6, 6.07) is 12.1. The van der Waals surface area contributed by atoms with Gasteiger partial charge in [0.25, 0.3) is 0 Å². The van der Waals surface area contributed by atoms with Crippen molar-refractivity contribution in [3.8, 4) is 11.3 Å². The number of nitrogens with one attached hydrogen (secondary N) is 3. The number of hydrogen-bond donors (Lipinski definition) is 3. The number of H-pyrrole nitrogens is 2. The number of fused-ring (bicyclic) bond motifs is 1. The van der Waals surface area contributed by atoms with Gasteiger partial charge in [-0.2, -0.15) is 10.2 Å². The molecule has 0 atom stereocenters. The lowest BCUT2D eigenvalue weighted by atomic mass is 10.1. The number of hydrogen-bond acceptors (Lipinski definition) is 4. The van der Waals surface area contributed by atoms with E-state index in [1.807, 2.05) is 37.4 Å². The second kappa shape index (κ2) is 5.00. The first-order chi connectivity index (χ1) is 10.8. The molecular formula is C16H14N6. The first-order valence-corrected chi connectivity index (χ1v) is 6.97. The van der Waals surface area contributed by atoms with Gasteiger partial charge < -0.3 is 5.32 Å². The second-order valence-electron chi connectivity index (χ2n) is 5.13. The summed E-state index contributed by atoms with van der Waals surface area (Å²) in [5, 5.41) is 19.4. The van der Waals surface area contributed by atoms with Gasteiger partial charge in [0.1, 0.15) is 5.82 Å². The number of aromatic nitrogens is 5. The first-order valence-electron chi connectivity index (χ1n) is 6.97. The minimum absolute atomic E-state index is 0.749. The van der Waals surface area contributed by atoms with Gasteiger partial charge in [-0.3, -0.25) is 10.2 Å². The highest BCUT2D eigenvalue weighted by molar-refractivity contribution is 5.96. The third-order valence-electron chi connectivity index (χ3n) is 3.47. The summed E-state index contributed by atoms with van der Waals surface area (Å²) in [7, 11) is 0. The molecule has 1 aromatic carbocycles. The number of nitrogens with zero attached hydrogens (tertiary/aromatic N) is 3. The van der Waals surface area contributed by atoms with E-state index < -0.39 is 0 Å². The Morgan fingerprint density at radius 2 is 2.00 bits per heavy atom. The van der Waals surface area contributed by atoms with Crippen molar-refractivity contribution in [1.82, 2.24) is 25.4 Å². The molecule has 0 unspecified atom stereocenters. The van der Waals surface area contributed by atoms with E-state index in [0.717, 1.165) is 39.4 Å². The molecule has 0 bridgehead atoms. The average Bonchev–Trinajstić information content (AvgIpc) is 3.18. The van der Waals surface area contributed by atoms with Crippen LogP contribution in [0.15, 0.2) is 48.8 Å². The van der Waals surface area contributed by atoms with E-state index in [-0.39, 0.29) is 0 Å². The summed E-state index contributed by atoms with van der Waals surface area (Å²) in [5.74, 6) is 1.50. The number of benzene rings is 1. The third-order valence-corrected chi connectivity index (χ3v) is 3.47. The molecule has 0 aliphatic heterocycles. The van der Waals surface area contributed by atoms with Crippen molar-refractivity contribution >= 4 is 22.4 Å². The molecule has 4 aromatic rings. The smallest absolute Gasteiger partial charge is 0.153 e. The highest BCUT2D eigenvalue weighted by Gasteiger charge is 2.10. The molecule has 0 radical (unpaired) electrons. The van der Waals surface area contributed by atoms with Gasteiger partial charge in [-0.05, 0) is 18.4 Å². The highest BCUT2D eigenvalue weighted by atomic mass is 15.2. The lowest BCUT2D eigenvalue weighted by Crippen LogP contribution is -1.96. The lowest BCUT2D eigenvalue weighted by molar-refractivity contribution is 1.05. The van der Waals surface area contributed by atoms with Crippen LogP contribution in [0.2, 0.25) is 0 Å². The first kappa shape index (κ1) is 12.6. The van der Waals surface area contributed by atoms with E-state index >= 15 is 0 Å². The molecule has 0 aliphatic carbocycles. The maximum atomic E-state index is 4.72.